The molecule has 1 heterocycles. The largest absolute Gasteiger partial charge is 0.462 e. The normalized spacial score (nSPS) is 13.9. The minimum absolute atomic E-state index is 0.136. The van der Waals surface area contributed by atoms with Gasteiger partial charge in [0.15, 0.2) is 0 Å². The second kappa shape index (κ2) is 9.01. The molecule has 0 bridgehead atoms. The summed E-state index contributed by atoms with van der Waals surface area (Å²) < 4.78 is 5.16. The Hall–Kier alpha value is -1.86. The Labute approximate surface area is 155 Å². The lowest BCUT2D eigenvalue weighted by atomic mass is 9.95. The number of unbranched alkanes of at least 4 members (excludes halogenated alkanes) is 1. The summed E-state index contributed by atoms with van der Waals surface area (Å²) in [6.45, 7) is 3.99. The van der Waals surface area contributed by atoms with Gasteiger partial charge in [-0.1, -0.05) is 30.1 Å². The number of nitrogens with one attached hydrogen (secondary N) is 1. The number of halogens is 1. The first-order valence-corrected chi connectivity index (χ1v) is 9.41. The number of anilines is 1. The van der Waals surface area contributed by atoms with Crippen LogP contribution < -0.4 is 5.32 Å². The molecule has 6 nitrogen and oxygen atoms in total. The summed E-state index contributed by atoms with van der Waals surface area (Å²) in [6.07, 6.45) is 4.49. The van der Waals surface area contributed by atoms with E-state index in [1.165, 1.54) is 17.6 Å². The zero-order valence-corrected chi connectivity index (χ0v) is 15.8. The average Bonchev–Trinajstić information content (AvgIpc) is 2.94. The van der Waals surface area contributed by atoms with Gasteiger partial charge < -0.3 is 15.3 Å². The Morgan fingerprint density at radius 2 is 2.16 bits per heavy atom. The van der Waals surface area contributed by atoms with Crippen LogP contribution in [0.4, 0.5) is 5.00 Å². The maximum absolute atomic E-state index is 12.4. The number of allylic oxidation sites excluding steroid dienone is 1. The summed E-state index contributed by atoms with van der Waals surface area (Å²) in [5.41, 5.74) is 1.84. The third-order valence-electron chi connectivity index (χ3n) is 3.84. The molecule has 136 valence electrons. The van der Waals surface area contributed by atoms with E-state index in [1.807, 2.05) is 6.92 Å². The number of oxime groups is 1. The van der Waals surface area contributed by atoms with E-state index >= 15 is 0 Å². The van der Waals surface area contributed by atoms with Gasteiger partial charge in [-0.05, 0) is 37.3 Å². The number of rotatable bonds is 7. The molecule has 2 N–H and O–H groups in total. The second-order valence-corrected chi connectivity index (χ2v) is 6.97. The van der Waals surface area contributed by atoms with Gasteiger partial charge >= 0.3 is 5.97 Å². The number of hydrogen-bond acceptors (Lipinski definition) is 6. The lowest BCUT2D eigenvalue weighted by Gasteiger charge is -2.14. The van der Waals surface area contributed by atoms with Crippen LogP contribution in [0.25, 0.3) is 5.03 Å². The highest BCUT2D eigenvalue weighted by Gasteiger charge is 2.30. The molecule has 0 unspecified atom stereocenters. The molecule has 0 saturated heterocycles. The minimum Gasteiger partial charge on any atom is -0.462 e. The fourth-order valence-electron chi connectivity index (χ4n) is 2.62. The summed E-state index contributed by atoms with van der Waals surface area (Å²) >= 11 is 7.65. The lowest BCUT2D eigenvalue weighted by molar-refractivity contribution is -0.116. The van der Waals surface area contributed by atoms with E-state index in [-0.39, 0.29) is 12.5 Å². The highest BCUT2D eigenvalue weighted by atomic mass is 35.5. The summed E-state index contributed by atoms with van der Waals surface area (Å²) in [5, 5.41) is 15.5. The first kappa shape index (κ1) is 19.5. The number of amides is 1. The predicted molar refractivity (Wildman–Crippen MR) is 99.8 cm³/mol. The van der Waals surface area contributed by atoms with Crippen molar-refractivity contribution in [2.45, 2.75) is 46.0 Å². The number of fused-ring (bicyclic) bond motifs is 1. The van der Waals surface area contributed by atoms with Crippen LogP contribution >= 0.6 is 22.9 Å². The fourth-order valence-corrected chi connectivity index (χ4v) is 4.22. The van der Waals surface area contributed by atoms with Crippen LogP contribution in [0.3, 0.4) is 0 Å². The molecule has 1 aliphatic rings. The van der Waals surface area contributed by atoms with Crippen LogP contribution in [0.2, 0.25) is 0 Å². The van der Waals surface area contributed by atoms with Gasteiger partial charge in [-0.3, -0.25) is 4.79 Å². The summed E-state index contributed by atoms with van der Waals surface area (Å²) in [4.78, 5) is 25.2. The molecule has 1 aromatic heterocycles. The van der Waals surface area contributed by atoms with E-state index in [0.29, 0.717) is 45.3 Å². The number of ether oxygens (including phenoxy) is 1. The van der Waals surface area contributed by atoms with Crippen molar-refractivity contribution in [1.82, 2.24) is 0 Å². The minimum atomic E-state index is -0.463. The van der Waals surface area contributed by atoms with Gasteiger partial charge in [-0.2, -0.15) is 0 Å². The van der Waals surface area contributed by atoms with E-state index < -0.39 is 5.97 Å². The van der Waals surface area contributed by atoms with Crippen molar-refractivity contribution in [2.75, 3.05) is 11.9 Å². The Kier molecular flexibility index (Phi) is 7.01. The molecular formula is C17H21ClN2O4S. The van der Waals surface area contributed by atoms with Crippen LogP contribution in [-0.2, 0) is 16.0 Å². The molecule has 25 heavy (non-hydrogen) atoms. The highest BCUT2D eigenvalue weighted by molar-refractivity contribution is 7.18. The first-order chi connectivity index (χ1) is 12.0. The molecule has 8 heteroatoms. The molecule has 0 spiro atoms. The lowest BCUT2D eigenvalue weighted by Crippen LogP contribution is -2.15. The van der Waals surface area contributed by atoms with Crippen molar-refractivity contribution in [3.05, 3.63) is 21.6 Å². The molecule has 0 aliphatic heterocycles. The summed E-state index contributed by atoms with van der Waals surface area (Å²) in [6, 6.07) is 0. The average molecular weight is 385 g/mol. The van der Waals surface area contributed by atoms with Crippen LogP contribution in [0.1, 0.15) is 60.3 Å². The van der Waals surface area contributed by atoms with E-state index in [4.69, 9.17) is 21.5 Å². The molecule has 1 amide bonds. The SMILES string of the molecule is CCCCC(=O)Nc1sc2c(c1C(=O)OCC)CCC(/C=N\O)=C2Cl. The van der Waals surface area contributed by atoms with Crippen molar-refractivity contribution in [3.63, 3.8) is 0 Å². The molecular weight excluding hydrogens is 364 g/mol. The van der Waals surface area contributed by atoms with Gasteiger partial charge in [-0.15, -0.1) is 11.3 Å². The van der Waals surface area contributed by atoms with Crippen molar-refractivity contribution in [2.24, 2.45) is 5.16 Å². The molecule has 1 aromatic rings. The second-order valence-electron chi connectivity index (χ2n) is 5.57. The zero-order valence-electron chi connectivity index (χ0n) is 14.2. The van der Waals surface area contributed by atoms with Crippen molar-refractivity contribution in [1.29, 1.82) is 0 Å². The number of carbonyl (C=O) groups is 2. The number of nitrogens with zero attached hydrogens (tertiary/aromatic N) is 1. The first-order valence-electron chi connectivity index (χ1n) is 8.22. The quantitative estimate of drug-likeness (QED) is 0.315. The number of esters is 1. The third-order valence-corrected chi connectivity index (χ3v) is 5.54. The fraction of sp³-hybridized carbons (Fsp3) is 0.471. The van der Waals surface area contributed by atoms with Gasteiger partial charge in [0.05, 0.1) is 28.3 Å². The molecule has 0 atom stereocenters. The molecule has 0 saturated carbocycles. The number of thiophene rings is 1. The van der Waals surface area contributed by atoms with Gasteiger partial charge in [-0.25, -0.2) is 4.79 Å². The van der Waals surface area contributed by atoms with E-state index in [9.17, 15) is 9.59 Å². The summed E-state index contributed by atoms with van der Waals surface area (Å²) in [7, 11) is 0. The van der Waals surface area contributed by atoms with Gasteiger partial charge in [0, 0.05) is 6.42 Å². The maximum Gasteiger partial charge on any atom is 0.341 e. The van der Waals surface area contributed by atoms with Gasteiger partial charge in [0.2, 0.25) is 5.91 Å². The number of carbonyl (C=O) groups excluding carboxylic acids is 2. The number of hydrogen-bond donors (Lipinski definition) is 2. The van der Waals surface area contributed by atoms with Crippen molar-refractivity contribution >= 4 is 51.1 Å². The van der Waals surface area contributed by atoms with Crippen molar-refractivity contribution < 1.29 is 19.5 Å². The Balaban J connectivity index is 2.44. The molecule has 1 aliphatic carbocycles. The van der Waals surface area contributed by atoms with Crippen LogP contribution in [0, 0.1) is 0 Å². The molecule has 2 rings (SSSR count). The van der Waals surface area contributed by atoms with Crippen LogP contribution in [-0.4, -0.2) is 29.9 Å². The third kappa shape index (κ3) is 4.41. The van der Waals surface area contributed by atoms with Gasteiger partial charge in [0.25, 0.3) is 0 Å². The Bertz CT molecular complexity index is 724. The molecule has 0 fully saturated rings. The molecule has 0 aromatic carbocycles. The van der Waals surface area contributed by atoms with E-state index in [0.717, 1.165) is 18.4 Å². The summed E-state index contributed by atoms with van der Waals surface area (Å²) in [5.74, 6) is -0.599. The maximum atomic E-state index is 12.4. The van der Waals surface area contributed by atoms with Crippen LogP contribution in [0.5, 0.6) is 0 Å². The Morgan fingerprint density at radius 1 is 1.40 bits per heavy atom. The Morgan fingerprint density at radius 3 is 2.80 bits per heavy atom. The molecule has 0 radical (unpaired) electrons. The highest BCUT2D eigenvalue weighted by Crippen LogP contribution is 2.44. The van der Waals surface area contributed by atoms with Gasteiger partial charge in [0.1, 0.15) is 5.00 Å². The standard InChI is InChI=1S/C17H21ClN2O4S/c1-3-5-6-12(21)20-16-13(17(22)24-4-2)11-8-7-10(9-19-23)14(18)15(11)25-16/h9,23H,3-8H2,1-2H3,(H,20,21)/b19-9-. The monoisotopic (exact) mass is 384 g/mol. The topological polar surface area (TPSA) is 88.0 Å². The van der Waals surface area contributed by atoms with Crippen LogP contribution in [0.15, 0.2) is 10.7 Å². The predicted octanol–water partition coefficient (Wildman–Crippen LogP) is 4.41. The van der Waals surface area contributed by atoms with E-state index in [1.54, 1.807) is 6.92 Å². The smallest absolute Gasteiger partial charge is 0.341 e. The zero-order chi connectivity index (χ0) is 18.4. The van der Waals surface area contributed by atoms with E-state index in [2.05, 4.69) is 10.5 Å². The van der Waals surface area contributed by atoms with Crippen molar-refractivity contribution in [3.8, 4) is 0 Å².